The van der Waals surface area contributed by atoms with Gasteiger partial charge in [-0.2, -0.15) is 0 Å². The highest BCUT2D eigenvalue weighted by Crippen LogP contribution is 2.29. The summed E-state index contributed by atoms with van der Waals surface area (Å²) in [6.45, 7) is 2.67. The SMILES string of the molecule is CC(=O)NC[C@H]1CN(c2ccc(N3CC(O)C3)c(F)c2)C(=O)O1. The standard InChI is InChI=1S/C15H18FN3O4/c1-9(20)17-5-12-8-19(15(22)23-12)10-2-3-14(13(16)4-10)18-6-11(21)7-18/h2-4,11-12,21H,5-8H2,1H3,(H,17,20)/t12-/m0/s1. The molecule has 0 bridgehead atoms. The van der Waals surface area contributed by atoms with Gasteiger partial charge >= 0.3 is 6.09 Å². The van der Waals surface area contributed by atoms with Crippen molar-refractivity contribution >= 4 is 23.4 Å². The molecule has 1 atom stereocenters. The van der Waals surface area contributed by atoms with E-state index in [0.29, 0.717) is 24.5 Å². The van der Waals surface area contributed by atoms with Crippen LogP contribution in [-0.4, -0.2) is 55.5 Å². The zero-order valence-corrected chi connectivity index (χ0v) is 12.7. The molecule has 2 aliphatic heterocycles. The first kappa shape index (κ1) is 15.5. The van der Waals surface area contributed by atoms with Crippen LogP contribution in [0.3, 0.4) is 0 Å². The summed E-state index contributed by atoms with van der Waals surface area (Å²) in [6.07, 6.45) is -1.44. The highest BCUT2D eigenvalue weighted by atomic mass is 19.1. The third kappa shape index (κ3) is 3.21. The molecule has 2 amide bonds. The van der Waals surface area contributed by atoms with Crippen LogP contribution in [0.4, 0.5) is 20.6 Å². The lowest BCUT2D eigenvalue weighted by molar-refractivity contribution is -0.119. The van der Waals surface area contributed by atoms with E-state index < -0.39 is 24.1 Å². The molecule has 0 radical (unpaired) electrons. The van der Waals surface area contributed by atoms with Crippen molar-refractivity contribution in [3.8, 4) is 0 Å². The van der Waals surface area contributed by atoms with E-state index in [-0.39, 0.29) is 19.0 Å². The first-order valence-corrected chi connectivity index (χ1v) is 7.39. The second-order valence-corrected chi connectivity index (χ2v) is 5.75. The highest BCUT2D eigenvalue weighted by Gasteiger charge is 2.33. The van der Waals surface area contributed by atoms with Crippen molar-refractivity contribution in [3.63, 3.8) is 0 Å². The van der Waals surface area contributed by atoms with E-state index in [1.54, 1.807) is 17.0 Å². The molecular formula is C15H18FN3O4. The fourth-order valence-electron chi connectivity index (χ4n) is 2.67. The van der Waals surface area contributed by atoms with E-state index in [2.05, 4.69) is 5.32 Å². The molecule has 1 aromatic carbocycles. The number of benzene rings is 1. The van der Waals surface area contributed by atoms with E-state index in [9.17, 15) is 19.1 Å². The van der Waals surface area contributed by atoms with Gasteiger partial charge in [-0.3, -0.25) is 9.69 Å². The molecule has 2 fully saturated rings. The topological polar surface area (TPSA) is 82.1 Å². The Morgan fingerprint density at radius 1 is 1.43 bits per heavy atom. The average molecular weight is 323 g/mol. The number of aliphatic hydroxyl groups is 1. The van der Waals surface area contributed by atoms with Crippen LogP contribution < -0.4 is 15.1 Å². The Morgan fingerprint density at radius 2 is 2.17 bits per heavy atom. The summed E-state index contributed by atoms with van der Waals surface area (Å²) in [6, 6.07) is 4.51. The van der Waals surface area contributed by atoms with Crippen molar-refractivity contribution in [2.45, 2.75) is 19.1 Å². The number of ether oxygens (including phenoxy) is 1. The van der Waals surface area contributed by atoms with Gasteiger partial charge in [0.05, 0.1) is 30.6 Å². The zero-order chi connectivity index (χ0) is 16.6. The van der Waals surface area contributed by atoms with E-state index in [4.69, 9.17) is 4.74 Å². The predicted octanol–water partition coefficient (Wildman–Crippen LogP) is 0.468. The van der Waals surface area contributed by atoms with Gasteiger partial charge in [0, 0.05) is 20.0 Å². The monoisotopic (exact) mass is 323 g/mol. The molecule has 0 aromatic heterocycles. The molecule has 0 aliphatic carbocycles. The van der Waals surface area contributed by atoms with Gasteiger partial charge in [-0.25, -0.2) is 9.18 Å². The number of hydrogen-bond acceptors (Lipinski definition) is 5. The number of amides is 2. The molecule has 3 rings (SSSR count). The largest absolute Gasteiger partial charge is 0.442 e. The first-order chi connectivity index (χ1) is 10.9. The van der Waals surface area contributed by atoms with Gasteiger partial charge in [-0.15, -0.1) is 0 Å². The number of carbonyl (C=O) groups excluding carboxylic acids is 2. The molecule has 1 aromatic rings. The van der Waals surface area contributed by atoms with Crippen molar-refractivity contribution in [1.29, 1.82) is 0 Å². The van der Waals surface area contributed by atoms with Gasteiger partial charge in [-0.1, -0.05) is 0 Å². The summed E-state index contributed by atoms with van der Waals surface area (Å²) in [5.41, 5.74) is 0.809. The molecule has 0 unspecified atom stereocenters. The van der Waals surface area contributed by atoms with Crippen LogP contribution in [0.2, 0.25) is 0 Å². The predicted molar refractivity (Wildman–Crippen MR) is 80.9 cm³/mol. The van der Waals surface area contributed by atoms with Gasteiger partial charge in [0.1, 0.15) is 11.9 Å². The number of halogens is 1. The number of anilines is 2. The number of carbonyl (C=O) groups is 2. The molecule has 0 saturated carbocycles. The lowest BCUT2D eigenvalue weighted by Gasteiger charge is -2.38. The fraction of sp³-hybridized carbons (Fsp3) is 0.467. The Kier molecular flexibility index (Phi) is 4.08. The summed E-state index contributed by atoms with van der Waals surface area (Å²) >= 11 is 0. The Morgan fingerprint density at radius 3 is 2.78 bits per heavy atom. The summed E-state index contributed by atoms with van der Waals surface area (Å²) in [7, 11) is 0. The van der Waals surface area contributed by atoms with Gasteiger partial charge in [0.2, 0.25) is 5.91 Å². The number of cyclic esters (lactones) is 1. The van der Waals surface area contributed by atoms with Crippen molar-refractivity contribution in [1.82, 2.24) is 5.32 Å². The Balaban J connectivity index is 1.68. The smallest absolute Gasteiger partial charge is 0.414 e. The summed E-state index contributed by atoms with van der Waals surface area (Å²) in [5.74, 6) is -0.654. The maximum Gasteiger partial charge on any atom is 0.414 e. The van der Waals surface area contributed by atoms with Crippen LogP contribution in [0.25, 0.3) is 0 Å². The van der Waals surface area contributed by atoms with Crippen LogP contribution in [0, 0.1) is 5.82 Å². The van der Waals surface area contributed by atoms with Crippen molar-refractivity contribution in [2.75, 3.05) is 36.0 Å². The Bertz CT molecular complexity index is 633. The molecular weight excluding hydrogens is 305 g/mol. The van der Waals surface area contributed by atoms with Gasteiger partial charge in [0.25, 0.3) is 0 Å². The zero-order valence-electron chi connectivity index (χ0n) is 12.7. The molecule has 2 saturated heterocycles. The summed E-state index contributed by atoms with van der Waals surface area (Å²) in [5, 5.41) is 11.9. The van der Waals surface area contributed by atoms with Crippen LogP contribution >= 0.6 is 0 Å². The first-order valence-electron chi connectivity index (χ1n) is 7.39. The number of hydrogen-bond donors (Lipinski definition) is 2. The third-order valence-corrected chi connectivity index (χ3v) is 3.90. The molecule has 0 spiro atoms. The number of rotatable bonds is 4. The minimum absolute atomic E-state index is 0.202. The summed E-state index contributed by atoms with van der Waals surface area (Å²) in [4.78, 5) is 25.9. The Labute approximate surface area is 132 Å². The maximum absolute atomic E-state index is 14.2. The van der Waals surface area contributed by atoms with Crippen molar-refractivity contribution < 1.29 is 23.8 Å². The van der Waals surface area contributed by atoms with Crippen LogP contribution in [0.1, 0.15) is 6.92 Å². The maximum atomic E-state index is 14.2. The Hall–Kier alpha value is -2.35. The molecule has 7 nitrogen and oxygen atoms in total. The molecule has 8 heteroatoms. The lowest BCUT2D eigenvalue weighted by atomic mass is 10.1. The van der Waals surface area contributed by atoms with Crippen LogP contribution in [0.15, 0.2) is 18.2 Å². The highest BCUT2D eigenvalue weighted by molar-refractivity contribution is 5.90. The average Bonchev–Trinajstić information content (AvgIpc) is 2.83. The minimum Gasteiger partial charge on any atom is -0.442 e. The minimum atomic E-state index is -0.563. The van der Waals surface area contributed by atoms with Crippen LogP contribution in [0.5, 0.6) is 0 Å². The number of nitrogens with one attached hydrogen (secondary N) is 1. The second kappa shape index (κ2) is 6.04. The van der Waals surface area contributed by atoms with E-state index in [1.165, 1.54) is 17.9 Å². The van der Waals surface area contributed by atoms with E-state index in [1.807, 2.05) is 0 Å². The number of aliphatic hydroxyl groups excluding tert-OH is 1. The second-order valence-electron chi connectivity index (χ2n) is 5.75. The van der Waals surface area contributed by atoms with Gasteiger partial charge in [-0.05, 0) is 18.2 Å². The van der Waals surface area contributed by atoms with Crippen molar-refractivity contribution in [3.05, 3.63) is 24.0 Å². The molecule has 2 N–H and O–H groups in total. The quantitative estimate of drug-likeness (QED) is 0.842. The van der Waals surface area contributed by atoms with Gasteiger partial charge in [0.15, 0.2) is 0 Å². The van der Waals surface area contributed by atoms with Crippen molar-refractivity contribution in [2.24, 2.45) is 0 Å². The third-order valence-electron chi connectivity index (χ3n) is 3.90. The van der Waals surface area contributed by atoms with Gasteiger partial charge < -0.3 is 20.1 Å². The molecule has 2 aliphatic rings. The van der Waals surface area contributed by atoms with Crippen LogP contribution in [-0.2, 0) is 9.53 Å². The lowest BCUT2D eigenvalue weighted by Crippen LogP contribution is -2.51. The molecule has 124 valence electrons. The van der Waals surface area contributed by atoms with E-state index in [0.717, 1.165) is 0 Å². The van der Waals surface area contributed by atoms with E-state index >= 15 is 0 Å². The molecule has 23 heavy (non-hydrogen) atoms. The normalized spacial score (nSPS) is 21.2. The molecule has 2 heterocycles. The number of β-amino-alcohol motifs (C(OH)–C–C–N with tert-alkyl or cyclic N) is 1. The number of nitrogens with zero attached hydrogens (tertiary/aromatic N) is 2. The fourth-order valence-corrected chi connectivity index (χ4v) is 2.67. The summed E-state index contributed by atoms with van der Waals surface area (Å²) < 4.78 is 19.4.